The Morgan fingerprint density at radius 2 is 1.93 bits per heavy atom. The number of nitrogens with zero attached hydrogens (tertiary/aromatic N) is 2. The Hall–Kier alpha value is -2.18. The molecule has 1 fully saturated rings. The Kier molecular flexibility index (Phi) is 6.29. The maximum atomic E-state index is 12.9. The van der Waals surface area contributed by atoms with E-state index >= 15 is 0 Å². The molecule has 27 heavy (non-hydrogen) atoms. The average molecular weight is 371 g/mol. The molecule has 6 heteroatoms. The summed E-state index contributed by atoms with van der Waals surface area (Å²) >= 11 is 0. The largest absolute Gasteiger partial charge is 0.379 e. The van der Waals surface area contributed by atoms with Crippen molar-refractivity contribution in [1.29, 1.82) is 0 Å². The quantitative estimate of drug-likeness (QED) is 0.764. The summed E-state index contributed by atoms with van der Waals surface area (Å²) in [7, 11) is 0. The third-order valence-corrected chi connectivity index (χ3v) is 5.38. The van der Waals surface area contributed by atoms with Gasteiger partial charge in [0.1, 0.15) is 5.54 Å². The number of ether oxygens (including phenoxy) is 1. The van der Waals surface area contributed by atoms with Gasteiger partial charge in [-0.25, -0.2) is 0 Å². The molecule has 2 atom stereocenters. The van der Waals surface area contributed by atoms with Crippen molar-refractivity contribution < 1.29 is 14.3 Å². The lowest BCUT2D eigenvalue weighted by molar-refractivity contribution is -0.143. The van der Waals surface area contributed by atoms with Crippen molar-refractivity contribution in [1.82, 2.24) is 15.1 Å². The highest BCUT2D eigenvalue weighted by molar-refractivity contribution is 5.93. The number of benzene rings is 1. The molecule has 1 unspecified atom stereocenters. The van der Waals surface area contributed by atoms with Gasteiger partial charge in [-0.15, -0.1) is 0 Å². The lowest BCUT2D eigenvalue weighted by atomic mass is 10.00. The van der Waals surface area contributed by atoms with E-state index in [9.17, 15) is 9.59 Å². The van der Waals surface area contributed by atoms with E-state index in [1.807, 2.05) is 49.4 Å². The standard InChI is InChI=1S/C21H29N3O3/c1-17(25)24-19(16-18-6-4-3-5-7-18)8-9-21(24,2)20(26)22-10-11-23-12-14-27-15-13-23/h3-9,19H,10-16H2,1-2H3,(H,22,26)/t19?,21-/m1/s1. The second-order valence-electron chi connectivity index (χ2n) is 7.36. The molecule has 0 aliphatic carbocycles. The fourth-order valence-corrected chi connectivity index (χ4v) is 3.90. The first-order valence-corrected chi connectivity index (χ1v) is 9.62. The zero-order valence-electron chi connectivity index (χ0n) is 16.2. The van der Waals surface area contributed by atoms with Gasteiger partial charge in [0.2, 0.25) is 11.8 Å². The molecule has 2 heterocycles. The SMILES string of the molecule is CC(=O)N1C(Cc2ccccc2)C=C[C@]1(C)C(=O)NCCN1CCOCC1. The molecule has 0 spiro atoms. The molecule has 1 aromatic carbocycles. The number of carbonyl (C=O) groups is 2. The minimum Gasteiger partial charge on any atom is -0.379 e. The van der Waals surface area contributed by atoms with E-state index in [2.05, 4.69) is 10.2 Å². The molecule has 3 rings (SSSR count). The molecule has 0 radical (unpaired) electrons. The number of hydrogen-bond donors (Lipinski definition) is 1. The summed E-state index contributed by atoms with van der Waals surface area (Å²) < 4.78 is 5.34. The van der Waals surface area contributed by atoms with E-state index in [0.717, 1.165) is 38.4 Å². The Morgan fingerprint density at radius 1 is 1.22 bits per heavy atom. The Balaban J connectivity index is 1.61. The van der Waals surface area contributed by atoms with E-state index < -0.39 is 5.54 Å². The maximum Gasteiger partial charge on any atom is 0.249 e. The monoisotopic (exact) mass is 371 g/mol. The minimum atomic E-state index is -0.948. The average Bonchev–Trinajstić information content (AvgIpc) is 3.01. The summed E-state index contributed by atoms with van der Waals surface area (Å²) in [5.41, 5.74) is 0.200. The van der Waals surface area contributed by atoms with Gasteiger partial charge < -0.3 is 15.0 Å². The lowest BCUT2D eigenvalue weighted by Gasteiger charge is -2.37. The Labute approximate surface area is 161 Å². The molecular formula is C21H29N3O3. The van der Waals surface area contributed by atoms with Crippen molar-refractivity contribution in [3.05, 3.63) is 48.0 Å². The topological polar surface area (TPSA) is 61.9 Å². The molecule has 2 amide bonds. The first-order valence-electron chi connectivity index (χ1n) is 9.62. The van der Waals surface area contributed by atoms with Crippen LogP contribution in [0.1, 0.15) is 19.4 Å². The second kappa shape index (κ2) is 8.67. The summed E-state index contributed by atoms with van der Waals surface area (Å²) in [4.78, 5) is 29.3. The van der Waals surface area contributed by atoms with Gasteiger partial charge in [0.05, 0.1) is 19.3 Å². The molecule has 1 N–H and O–H groups in total. The molecule has 0 aromatic heterocycles. The summed E-state index contributed by atoms with van der Waals surface area (Å²) in [6.07, 6.45) is 4.55. The summed E-state index contributed by atoms with van der Waals surface area (Å²) in [6, 6.07) is 9.93. The van der Waals surface area contributed by atoms with Crippen LogP contribution in [-0.4, -0.2) is 72.6 Å². The van der Waals surface area contributed by atoms with Crippen molar-refractivity contribution in [3.63, 3.8) is 0 Å². The molecule has 146 valence electrons. The van der Waals surface area contributed by atoms with E-state index in [1.54, 1.807) is 4.90 Å². The summed E-state index contributed by atoms with van der Waals surface area (Å²) in [5.74, 6) is -0.218. The van der Waals surface area contributed by atoms with Gasteiger partial charge in [-0.3, -0.25) is 14.5 Å². The molecule has 2 aliphatic rings. The first kappa shape index (κ1) is 19.6. The van der Waals surface area contributed by atoms with Crippen molar-refractivity contribution >= 4 is 11.8 Å². The third-order valence-electron chi connectivity index (χ3n) is 5.38. The Bertz CT molecular complexity index is 685. The van der Waals surface area contributed by atoms with Gasteiger partial charge in [-0.1, -0.05) is 42.5 Å². The normalized spacial score (nSPS) is 25.6. The van der Waals surface area contributed by atoms with Crippen LogP contribution in [0.5, 0.6) is 0 Å². The highest BCUT2D eigenvalue weighted by Crippen LogP contribution is 2.30. The zero-order valence-corrected chi connectivity index (χ0v) is 16.2. The highest BCUT2D eigenvalue weighted by Gasteiger charge is 2.45. The van der Waals surface area contributed by atoms with Gasteiger partial charge >= 0.3 is 0 Å². The van der Waals surface area contributed by atoms with Crippen LogP contribution < -0.4 is 5.32 Å². The minimum absolute atomic E-state index is 0.0910. The lowest BCUT2D eigenvalue weighted by Crippen LogP contribution is -2.58. The van der Waals surface area contributed by atoms with Crippen LogP contribution in [0.3, 0.4) is 0 Å². The molecule has 1 aromatic rings. The van der Waals surface area contributed by atoms with Crippen molar-refractivity contribution in [2.75, 3.05) is 39.4 Å². The van der Waals surface area contributed by atoms with E-state index in [1.165, 1.54) is 6.92 Å². The number of rotatable bonds is 6. The predicted octanol–water partition coefficient (Wildman–Crippen LogP) is 1.22. The predicted molar refractivity (Wildman–Crippen MR) is 104 cm³/mol. The number of morpholine rings is 1. The second-order valence-corrected chi connectivity index (χ2v) is 7.36. The van der Waals surface area contributed by atoms with Crippen LogP contribution in [0, 0.1) is 0 Å². The van der Waals surface area contributed by atoms with Crippen LogP contribution in [-0.2, 0) is 20.7 Å². The van der Waals surface area contributed by atoms with E-state index in [-0.39, 0.29) is 17.9 Å². The number of amides is 2. The van der Waals surface area contributed by atoms with Crippen LogP contribution in [0.2, 0.25) is 0 Å². The number of hydrogen-bond acceptors (Lipinski definition) is 4. The molecule has 0 bridgehead atoms. The van der Waals surface area contributed by atoms with E-state index in [4.69, 9.17) is 4.74 Å². The molecule has 2 aliphatic heterocycles. The van der Waals surface area contributed by atoms with Crippen LogP contribution in [0.15, 0.2) is 42.5 Å². The van der Waals surface area contributed by atoms with Crippen molar-refractivity contribution in [2.45, 2.75) is 31.8 Å². The fourth-order valence-electron chi connectivity index (χ4n) is 3.90. The smallest absolute Gasteiger partial charge is 0.249 e. The molecule has 1 saturated heterocycles. The van der Waals surface area contributed by atoms with Crippen molar-refractivity contribution in [2.24, 2.45) is 0 Å². The van der Waals surface area contributed by atoms with E-state index in [0.29, 0.717) is 13.0 Å². The fraction of sp³-hybridized carbons (Fsp3) is 0.524. The van der Waals surface area contributed by atoms with Gasteiger partial charge in [-0.05, 0) is 18.9 Å². The molecule has 6 nitrogen and oxygen atoms in total. The summed E-state index contributed by atoms with van der Waals surface area (Å²) in [6.45, 7) is 7.99. The molecule has 0 saturated carbocycles. The van der Waals surface area contributed by atoms with Gasteiger partial charge in [0.15, 0.2) is 0 Å². The third kappa shape index (κ3) is 4.57. The van der Waals surface area contributed by atoms with Gasteiger partial charge in [0.25, 0.3) is 0 Å². The number of nitrogens with one attached hydrogen (secondary N) is 1. The van der Waals surface area contributed by atoms with Crippen LogP contribution in [0.4, 0.5) is 0 Å². The van der Waals surface area contributed by atoms with Gasteiger partial charge in [0, 0.05) is 33.1 Å². The zero-order chi connectivity index (χ0) is 19.3. The number of carbonyl (C=O) groups excluding carboxylic acids is 2. The Morgan fingerprint density at radius 3 is 2.59 bits per heavy atom. The van der Waals surface area contributed by atoms with Crippen LogP contribution >= 0.6 is 0 Å². The first-order chi connectivity index (χ1) is 13.0. The summed E-state index contributed by atoms with van der Waals surface area (Å²) in [5, 5.41) is 3.02. The maximum absolute atomic E-state index is 12.9. The van der Waals surface area contributed by atoms with Crippen LogP contribution in [0.25, 0.3) is 0 Å². The molecular weight excluding hydrogens is 342 g/mol. The van der Waals surface area contributed by atoms with Crippen molar-refractivity contribution in [3.8, 4) is 0 Å². The van der Waals surface area contributed by atoms with Gasteiger partial charge in [-0.2, -0.15) is 0 Å². The highest BCUT2D eigenvalue weighted by atomic mass is 16.5.